The van der Waals surface area contributed by atoms with Crippen LogP contribution in [0.3, 0.4) is 0 Å². The number of rotatable bonds is 3. The van der Waals surface area contributed by atoms with Crippen LogP contribution in [0.25, 0.3) is 0 Å². The van der Waals surface area contributed by atoms with Crippen LogP contribution in [-0.4, -0.2) is 48.0 Å². The Hall–Kier alpha value is -1.14. The molecule has 6 heteroatoms. The van der Waals surface area contributed by atoms with E-state index in [-0.39, 0.29) is 0 Å². The summed E-state index contributed by atoms with van der Waals surface area (Å²) in [5.74, 6) is 1.55. The third-order valence-electron chi connectivity index (χ3n) is 2.45. The largest absolute Gasteiger partial charge is 0.377 e. The lowest BCUT2D eigenvalue weighted by Crippen LogP contribution is -2.49. The SMILES string of the molecule is COCc1nc(N2CCN[C@H](C)C2)n[nH]1. The smallest absolute Gasteiger partial charge is 0.244 e. The fourth-order valence-electron chi connectivity index (χ4n) is 1.74. The van der Waals surface area contributed by atoms with E-state index < -0.39 is 0 Å². The monoisotopic (exact) mass is 211 g/mol. The van der Waals surface area contributed by atoms with Crippen LogP contribution in [0.2, 0.25) is 0 Å². The molecule has 1 aliphatic rings. The van der Waals surface area contributed by atoms with Gasteiger partial charge in [-0.15, -0.1) is 5.10 Å². The lowest BCUT2D eigenvalue weighted by atomic mass is 10.2. The molecule has 6 nitrogen and oxygen atoms in total. The quantitative estimate of drug-likeness (QED) is 0.721. The van der Waals surface area contributed by atoms with Gasteiger partial charge in [0.25, 0.3) is 0 Å². The molecule has 1 fully saturated rings. The summed E-state index contributed by atoms with van der Waals surface area (Å²) >= 11 is 0. The molecule has 0 radical (unpaired) electrons. The van der Waals surface area contributed by atoms with Gasteiger partial charge in [0, 0.05) is 32.8 Å². The van der Waals surface area contributed by atoms with E-state index in [2.05, 4.69) is 32.3 Å². The molecule has 0 spiro atoms. The van der Waals surface area contributed by atoms with Gasteiger partial charge in [0.05, 0.1) is 0 Å². The van der Waals surface area contributed by atoms with Crippen molar-refractivity contribution in [2.24, 2.45) is 0 Å². The maximum absolute atomic E-state index is 4.99. The molecule has 0 aliphatic carbocycles. The van der Waals surface area contributed by atoms with E-state index in [1.807, 2.05) is 0 Å². The van der Waals surface area contributed by atoms with Gasteiger partial charge in [-0.1, -0.05) is 0 Å². The van der Waals surface area contributed by atoms with Crippen molar-refractivity contribution in [2.45, 2.75) is 19.6 Å². The third-order valence-corrected chi connectivity index (χ3v) is 2.45. The van der Waals surface area contributed by atoms with Crippen molar-refractivity contribution in [2.75, 3.05) is 31.6 Å². The van der Waals surface area contributed by atoms with Crippen LogP contribution in [0, 0.1) is 0 Å². The molecule has 0 amide bonds. The highest BCUT2D eigenvalue weighted by atomic mass is 16.5. The van der Waals surface area contributed by atoms with Crippen LogP contribution >= 0.6 is 0 Å². The molecule has 2 heterocycles. The first-order valence-electron chi connectivity index (χ1n) is 5.18. The van der Waals surface area contributed by atoms with Crippen molar-refractivity contribution >= 4 is 5.95 Å². The van der Waals surface area contributed by atoms with Gasteiger partial charge >= 0.3 is 0 Å². The van der Waals surface area contributed by atoms with E-state index in [4.69, 9.17) is 4.74 Å². The summed E-state index contributed by atoms with van der Waals surface area (Å²) in [6.45, 7) is 5.53. The molecule has 1 aromatic rings. The molecule has 84 valence electrons. The maximum Gasteiger partial charge on any atom is 0.244 e. The maximum atomic E-state index is 4.99. The summed E-state index contributed by atoms with van der Waals surface area (Å²) in [6.07, 6.45) is 0. The zero-order chi connectivity index (χ0) is 10.7. The molecule has 1 saturated heterocycles. The number of methoxy groups -OCH3 is 1. The number of hydrogen-bond acceptors (Lipinski definition) is 5. The normalized spacial score (nSPS) is 22.0. The topological polar surface area (TPSA) is 66.1 Å². The van der Waals surface area contributed by atoms with Crippen molar-refractivity contribution in [1.82, 2.24) is 20.5 Å². The number of aromatic nitrogens is 3. The first-order valence-corrected chi connectivity index (χ1v) is 5.18. The molecule has 15 heavy (non-hydrogen) atoms. The molecule has 2 N–H and O–H groups in total. The van der Waals surface area contributed by atoms with E-state index >= 15 is 0 Å². The lowest BCUT2D eigenvalue weighted by molar-refractivity contribution is 0.178. The molecule has 0 bridgehead atoms. The summed E-state index contributed by atoms with van der Waals surface area (Å²) in [6, 6.07) is 0.489. The first kappa shape index (κ1) is 10.4. The van der Waals surface area contributed by atoms with Gasteiger partial charge in [-0.05, 0) is 6.92 Å². The standard InChI is InChI=1S/C9H17N5O/c1-7-5-14(4-3-10-7)9-11-8(6-15-2)12-13-9/h7,10H,3-6H2,1-2H3,(H,11,12,13)/t7-/m1/s1. The van der Waals surface area contributed by atoms with Crippen LogP contribution < -0.4 is 10.2 Å². The van der Waals surface area contributed by atoms with Crippen molar-refractivity contribution in [1.29, 1.82) is 0 Å². The van der Waals surface area contributed by atoms with Gasteiger partial charge in [0.1, 0.15) is 6.61 Å². The number of nitrogens with zero attached hydrogens (tertiary/aromatic N) is 3. The molecule has 1 aromatic heterocycles. The Bertz CT molecular complexity index is 313. The fraction of sp³-hybridized carbons (Fsp3) is 0.778. The van der Waals surface area contributed by atoms with E-state index in [1.54, 1.807) is 7.11 Å². The highest BCUT2D eigenvalue weighted by Gasteiger charge is 2.18. The van der Waals surface area contributed by atoms with Crippen LogP contribution in [0.5, 0.6) is 0 Å². The molecule has 0 unspecified atom stereocenters. The predicted molar refractivity (Wildman–Crippen MR) is 56.8 cm³/mol. The van der Waals surface area contributed by atoms with Crippen LogP contribution in [0.15, 0.2) is 0 Å². The van der Waals surface area contributed by atoms with E-state index in [0.717, 1.165) is 31.4 Å². The number of ether oxygens (including phenoxy) is 1. The number of hydrogen-bond donors (Lipinski definition) is 2. The average Bonchev–Trinajstić information content (AvgIpc) is 2.67. The van der Waals surface area contributed by atoms with Gasteiger partial charge in [-0.2, -0.15) is 4.98 Å². The number of aromatic amines is 1. The van der Waals surface area contributed by atoms with Gasteiger partial charge in [-0.3, -0.25) is 5.10 Å². The number of piperazine rings is 1. The zero-order valence-corrected chi connectivity index (χ0v) is 9.16. The van der Waals surface area contributed by atoms with Gasteiger partial charge in [-0.25, -0.2) is 0 Å². The van der Waals surface area contributed by atoms with Crippen LogP contribution in [0.1, 0.15) is 12.7 Å². The highest BCUT2D eigenvalue weighted by Crippen LogP contribution is 2.09. The van der Waals surface area contributed by atoms with Crippen molar-refractivity contribution in [3.63, 3.8) is 0 Å². The molecule has 1 aliphatic heterocycles. The van der Waals surface area contributed by atoms with Crippen molar-refractivity contribution < 1.29 is 4.74 Å². The molecule has 2 rings (SSSR count). The van der Waals surface area contributed by atoms with E-state index in [1.165, 1.54) is 0 Å². The second-order valence-corrected chi connectivity index (χ2v) is 3.82. The Morgan fingerprint density at radius 3 is 3.20 bits per heavy atom. The number of H-pyrrole nitrogens is 1. The summed E-state index contributed by atoms with van der Waals surface area (Å²) in [7, 11) is 1.65. The second-order valence-electron chi connectivity index (χ2n) is 3.82. The van der Waals surface area contributed by atoms with E-state index in [9.17, 15) is 0 Å². The summed E-state index contributed by atoms with van der Waals surface area (Å²) in [4.78, 5) is 6.54. The Labute approximate surface area is 89.0 Å². The molecule has 0 aromatic carbocycles. The average molecular weight is 211 g/mol. The van der Waals surface area contributed by atoms with Gasteiger partial charge in [0.15, 0.2) is 5.82 Å². The highest BCUT2D eigenvalue weighted by molar-refractivity contribution is 5.29. The Morgan fingerprint density at radius 1 is 1.60 bits per heavy atom. The summed E-state index contributed by atoms with van der Waals surface area (Å²) < 4.78 is 4.99. The minimum Gasteiger partial charge on any atom is -0.377 e. The third kappa shape index (κ3) is 2.45. The van der Waals surface area contributed by atoms with Gasteiger partial charge in [0.2, 0.25) is 5.95 Å². The molecular formula is C9H17N5O. The van der Waals surface area contributed by atoms with Gasteiger partial charge < -0.3 is 15.0 Å². The van der Waals surface area contributed by atoms with Crippen LogP contribution in [0.4, 0.5) is 5.95 Å². The summed E-state index contributed by atoms with van der Waals surface area (Å²) in [5.41, 5.74) is 0. The summed E-state index contributed by atoms with van der Waals surface area (Å²) in [5, 5.41) is 10.4. The van der Waals surface area contributed by atoms with Crippen molar-refractivity contribution in [3.8, 4) is 0 Å². The number of nitrogens with one attached hydrogen (secondary N) is 2. The molecular weight excluding hydrogens is 194 g/mol. The van der Waals surface area contributed by atoms with Crippen molar-refractivity contribution in [3.05, 3.63) is 5.82 Å². The fourth-order valence-corrected chi connectivity index (χ4v) is 1.74. The zero-order valence-electron chi connectivity index (χ0n) is 9.16. The van der Waals surface area contributed by atoms with E-state index in [0.29, 0.717) is 12.6 Å². The Balaban J connectivity index is 2.01. The second kappa shape index (κ2) is 4.59. The first-order chi connectivity index (χ1) is 7.29. The Kier molecular flexibility index (Phi) is 3.17. The minimum atomic E-state index is 0.481. The molecule has 0 saturated carbocycles. The van der Waals surface area contributed by atoms with Crippen LogP contribution in [-0.2, 0) is 11.3 Å². The molecule has 1 atom stereocenters. The lowest BCUT2D eigenvalue weighted by Gasteiger charge is -2.30. The predicted octanol–water partition coefficient (Wildman–Crippen LogP) is -0.251. The number of anilines is 1. The minimum absolute atomic E-state index is 0.481. The Morgan fingerprint density at radius 2 is 2.47 bits per heavy atom.